The summed E-state index contributed by atoms with van der Waals surface area (Å²) < 4.78 is 6.91. The zero-order chi connectivity index (χ0) is 18.7. The maximum Gasteiger partial charge on any atom is 0.311 e. The van der Waals surface area contributed by atoms with Crippen molar-refractivity contribution in [3.05, 3.63) is 63.0 Å². The van der Waals surface area contributed by atoms with Crippen LogP contribution in [0, 0.1) is 5.92 Å². The average Bonchev–Trinajstić information content (AvgIpc) is 3.02. The van der Waals surface area contributed by atoms with Gasteiger partial charge in [0.25, 0.3) is 0 Å². The zero-order valence-electron chi connectivity index (χ0n) is 13.7. The Bertz CT molecular complexity index is 834. The van der Waals surface area contributed by atoms with Gasteiger partial charge in [0.05, 0.1) is 5.92 Å². The maximum absolute atomic E-state index is 12.2. The number of amides is 1. The van der Waals surface area contributed by atoms with Crippen LogP contribution in [0.4, 0.5) is 5.69 Å². The summed E-state index contributed by atoms with van der Waals surface area (Å²) in [6.07, 6.45) is 0.0847. The number of nitrogens with zero attached hydrogens (tertiary/aromatic N) is 1. The third-order valence-electron chi connectivity index (χ3n) is 4.11. The standard InChI is InChI=1S/C19H15Br2NO4/c20-14-3-1-12(2-4-14)17(23)11-26-19(25)13-9-18(24)22(10-13)16-7-5-15(21)6-8-16/h1-8,13H,9-11H2/t13-/m0/s1. The number of rotatable bonds is 5. The first-order valence-electron chi connectivity index (χ1n) is 7.95. The van der Waals surface area contributed by atoms with E-state index in [-0.39, 0.29) is 31.3 Å². The molecular weight excluding hydrogens is 466 g/mol. The fourth-order valence-corrected chi connectivity index (χ4v) is 3.24. The van der Waals surface area contributed by atoms with Gasteiger partial charge in [0, 0.05) is 33.2 Å². The molecule has 1 heterocycles. The first-order valence-corrected chi connectivity index (χ1v) is 9.54. The van der Waals surface area contributed by atoms with Crippen LogP contribution in [0.25, 0.3) is 0 Å². The number of ketones is 1. The molecule has 1 atom stereocenters. The molecule has 7 heteroatoms. The molecule has 0 N–H and O–H groups in total. The molecule has 26 heavy (non-hydrogen) atoms. The third-order valence-corrected chi connectivity index (χ3v) is 5.17. The number of esters is 1. The molecule has 0 saturated carbocycles. The summed E-state index contributed by atoms with van der Waals surface area (Å²) in [5.74, 6) is -1.50. The predicted octanol–water partition coefficient (Wildman–Crippen LogP) is 3.99. The lowest BCUT2D eigenvalue weighted by Gasteiger charge is -2.16. The third kappa shape index (κ3) is 4.40. The van der Waals surface area contributed by atoms with Gasteiger partial charge in [-0.15, -0.1) is 0 Å². The smallest absolute Gasteiger partial charge is 0.311 e. The van der Waals surface area contributed by atoms with Gasteiger partial charge in [-0.1, -0.05) is 44.0 Å². The molecule has 0 radical (unpaired) electrons. The van der Waals surface area contributed by atoms with Gasteiger partial charge in [-0.25, -0.2) is 0 Å². The van der Waals surface area contributed by atoms with Crippen molar-refractivity contribution in [2.75, 3.05) is 18.1 Å². The van der Waals surface area contributed by atoms with Gasteiger partial charge in [-0.05, 0) is 36.4 Å². The van der Waals surface area contributed by atoms with Crippen molar-refractivity contribution in [1.82, 2.24) is 0 Å². The number of benzene rings is 2. The van der Waals surface area contributed by atoms with Crippen LogP contribution in [-0.4, -0.2) is 30.8 Å². The molecule has 3 rings (SSSR count). The van der Waals surface area contributed by atoms with Crippen molar-refractivity contribution in [3.63, 3.8) is 0 Å². The molecule has 0 aliphatic carbocycles. The molecule has 1 amide bonds. The van der Waals surface area contributed by atoms with E-state index >= 15 is 0 Å². The van der Waals surface area contributed by atoms with E-state index in [1.54, 1.807) is 29.2 Å². The molecule has 0 unspecified atom stereocenters. The van der Waals surface area contributed by atoms with Crippen LogP contribution in [-0.2, 0) is 14.3 Å². The molecule has 0 aromatic heterocycles. The number of Topliss-reactive ketones (excluding diaryl/α,β-unsaturated/α-hetero) is 1. The van der Waals surface area contributed by atoms with Crippen LogP contribution in [0.3, 0.4) is 0 Å². The summed E-state index contributed by atoms with van der Waals surface area (Å²) in [6, 6.07) is 14.1. The number of carbonyl (C=O) groups is 3. The van der Waals surface area contributed by atoms with Crippen molar-refractivity contribution in [2.45, 2.75) is 6.42 Å². The minimum absolute atomic E-state index is 0.0847. The van der Waals surface area contributed by atoms with Crippen LogP contribution < -0.4 is 4.90 Å². The van der Waals surface area contributed by atoms with Gasteiger partial charge in [-0.3, -0.25) is 14.4 Å². The van der Waals surface area contributed by atoms with Crippen LogP contribution in [0.2, 0.25) is 0 Å². The molecule has 2 aromatic rings. The lowest BCUT2D eigenvalue weighted by Crippen LogP contribution is -2.27. The second-order valence-electron chi connectivity index (χ2n) is 5.92. The monoisotopic (exact) mass is 479 g/mol. The van der Waals surface area contributed by atoms with Crippen LogP contribution in [0.15, 0.2) is 57.5 Å². The van der Waals surface area contributed by atoms with E-state index in [4.69, 9.17) is 4.74 Å². The number of carbonyl (C=O) groups excluding carboxylic acids is 3. The number of ether oxygens (including phenoxy) is 1. The van der Waals surface area contributed by atoms with Gasteiger partial charge >= 0.3 is 5.97 Å². The molecule has 2 aromatic carbocycles. The van der Waals surface area contributed by atoms with Gasteiger partial charge in [0.2, 0.25) is 5.91 Å². The minimum atomic E-state index is -0.566. The fourth-order valence-electron chi connectivity index (χ4n) is 2.71. The Balaban J connectivity index is 1.57. The number of halogens is 2. The highest BCUT2D eigenvalue weighted by Gasteiger charge is 2.36. The highest BCUT2D eigenvalue weighted by atomic mass is 79.9. The lowest BCUT2D eigenvalue weighted by molar-refractivity contribution is -0.147. The Morgan fingerprint density at radius 1 is 1.00 bits per heavy atom. The molecule has 0 bridgehead atoms. The normalized spacial score (nSPS) is 16.6. The van der Waals surface area contributed by atoms with Gasteiger partial charge in [-0.2, -0.15) is 0 Å². The summed E-state index contributed by atoms with van der Waals surface area (Å²) in [7, 11) is 0. The van der Waals surface area contributed by atoms with Crippen molar-refractivity contribution in [1.29, 1.82) is 0 Å². The van der Waals surface area contributed by atoms with Crippen molar-refractivity contribution in [2.24, 2.45) is 5.92 Å². The minimum Gasteiger partial charge on any atom is -0.457 e. The SMILES string of the molecule is O=C(COC(=O)[C@H]1CC(=O)N(c2ccc(Br)cc2)C1)c1ccc(Br)cc1. The van der Waals surface area contributed by atoms with Crippen LogP contribution in [0.5, 0.6) is 0 Å². The highest BCUT2D eigenvalue weighted by Crippen LogP contribution is 2.27. The largest absolute Gasteiger partial charge is 0.457 e. The molecular formula is C19H15Br2NO4. The number of hydrogen-bond donors (Lipinski definition) is 0. The Kier molecular flexibility index (Phi) is 5.88. The maximum atomic E-state index is 12.2. The number of hydrogen-bond acceptors (Lipinski definition) is 4. The van der Waals surface area contributed by atoms with E-state index in [1.807, 2.05) is 24.3 Å². The predicted molar refractivity (Wildman–Crippen MR) is 104 cm³/mol. The lowest BCUT2D eigenvalue weighted by atomic mass is 10.1. The molecule has 1 aliphatic rings. The Hall–Kier alpha value is -1.99. The van der Waals surface area contributed by atoms with Gasteiger partial charge in [0.15, 0.2) is 12.4 Å². The molecule has 5 nitrogen and oxygen atoms in total. The van der Waals surface area contributed by atoms with E-state index in [0.717, 1.165) is 14.6 Å². The van der Waals surface area contributed by atoms with Gasteiger partial charge < -0.3 is 9.64 Å². The van der Waals surface area contributed by atoms with Crippen molar-refractivity contribution >= 4 is 55.2 Å². The summed E-state index contributed by atoms with van der Waals surface area (Å²) in [5.41, 5.74) is 1.21. The quantitative estimate of drug-likeness (QED) is 0.479. The molecule has 1 aliphatic heterocycles. The first kappa shape index (κ1) is 18.8. The van der Waals surface area contributed by atoms with E-state index < -0.39 is 11.9 Å². The second-order valence-corrected chi connectivity index (χ2v) is 7.75. The summed E-state index contributed by atoms with van der Waals surface area (Å²) in [6.45, 7) is -0.0742. The van der Waals surface area contributed by atoms with E-state index in [0.29, 0.717) is 5.56 Å². The van der Waals surface area contributed by atoms with E-state index in [9.17, 15) is 14.4 Å². The summed E-state index contributed by atoms with van der Waals surface area (Å²) >= 11 is 6.65. The zero-order valence-corrected chi connectivity index (χ0v) is 16.8. The van der Waals surface area contributed by atoms with Crippen LogP contribution >= 0.6 is 31.9 Å². The topological polar surface area (TPSA) is 63.7 Å². The van der Waals surface area contributed by atoms with E-state index in [2.05, 4.69) is 31.9 Å². The van der Waals surface area contributed by atoms with Crippen molar-refractivity contribution < 1.29 is 19.1 Å². The number of anilines is 1. The van der Waals surface area contributed by atoms with E-state index in [1.165, 1.54) is 0 Å². The molecule has 134 valence electrons. The Morgan fingerprint density at radius 2 is 1.58 bits per heavy atom. The summed E-state index contributed by atoms with van der Waals surface area (Å²) in [5, 5.41) is 0. The van der Waals surface area contributed by atoms with Crippen molar-refractivity contribution in [3.8, 4) is 0 Å². The summed E-state index contributed by atoms with van der Waals surface area (Å²) in [4.78, 5) is 38.1. The Morgan fingerprint density at radius 3 is 2.19 bits per heavy atom. The fraction of sp³-hybridized carbons (Fsp3) is 0.211. The first-order chi connectivity index (χ1) is 12.4. The van der Waals surface area contributed by atoms with Gasteiger partial charge in [0.1, 0.15) is 0 Å². The second kappa shape index (κ2) is 8.14. The molecule has 0 spiro atoms. The molecule has 1 saturated heterocycles. The van der Waals surface area contributed by atoms with Crippen LogP contribution in [0.1, 0.15) is 16.8 Å². The molecule has 1 fully saturated rings. The Labute approximate surface area is 167 Å². The highest BCUT2D eigenvalue weighted by molar-refractivity contribution is 9.10. The average molecular weight is 481 g/mol.